The normalized spacial score (nSPS) is 33.5. The van der Waals surface area contributed by atoms with Crippen molar-refractivity contribution in [1.82, 2.24) is 5.32 Å². The zero-order valence-corrected chi connectivity index (χ0v) is 13.4. The van der Waals surface area contributed by atoms with Crippen molar-refractivity contribution in [3.8, 4) is 0 Å². The second-order valence-corrected chi connectivity index (χ2v) is 7.52. The summed E-state index contributed by atoms with van der Waals surface area (Å²) in [6, 6.07) is 8.66. The molecule has 5 heteroatoms. The minimum Gasteiger partial charge on any atom is -0.377 e. The Hall–Kier alpha value is -1.33. The standard InChI is InChI=1S/C17H21NO3S/c1-11(19)18-15-10-13-8-5-9-14(13)17(15,21)22-16(20)12-6-3-2-4-7-12/h2-4,6-7,13-15,21H,5,8-10H2,1H3,(H,18,19). The van der Waals surface area contributed by atoms with Gasteiger partial charge in [0.05, 0.1) is 6.04 Å². The lowest BCUT2D eigenvalue weighted by Crippen LogP contribution is -2.50. The lowest BCUT2D eigenvalue weighted by Gasteiger charge is -2.33. The van der Waals surface area contributed by atoms with Crippen molar-refractivity contribution < 1.29 is 14.7 Å². The minimum absolute atomic E-state index is 0.0852. The summed E-state index contributed by atoms with van der Waals surface area (Å²) in [6.07, 6.45) is 3.84. The lowest BCUT2D eigenvalue weighted by molar-refractivity contribution is -0.120. The predicted octanol–water partition coefficient (Wildman–Crippen LogP) is 2.57. The molecule has 2 aliphatic rings. The SMILES string of the molecule is CC(=O)NC1CC2CCCC2C1(O)SC(=O)c1ccccc1. The van der Waals surface area contributed by atoms with E-state index in [1.807, 2.05) is 18.2 Å². The van der Waals surface area contributed by atoms with Crippen molar-refractivity contribution in [2.24, 2.45) is 11.8 Å². The number of thioether (sulfide) groups is 1. The van der Waals surface area contributed by atoms with Crippen molar-refractivity contribution in [2.45, 2.75) is 43.6 Å². The van der Waals surface area contributed by atoms with Crippen molar-refractivity contribution in [3.05, 3.63) is 35.9 Å². The third-order valence-corrected chi connectivity index (χ3v) is 6.21. The molecule has 4 unspecified atom stereocenters. The van der Waals surface area contributed by atoms with Gasteiger partial charge < -0.3 is 10.4 Å². The van der Waals surface area contributed by atoms with Gasteiger partial charge in [-0.3, -0.25) is 9.59 Å². The van der Waals surface area contributed by atoms with Crippen LogP contribution in [0.3, 0.4) is 0 Å². The third-order valence-electron chi connectivity index (χ3n) is 4.87. The molecular formula is C17H21NO3S. The maximum absolute atomic E-state index is 12.5. The number of rotatable bonds is 3. The molecule has 2 aliphatic carbocycles. The maximum Gasteiger partial charge on any atom is 0.222 e. The molecule has 0 aromatic heterocycles. The van der Waals surface area contributed by atoms with E-state index in [0.717, 1.165) is 37.4 Å². The van der Waals surface area contributed by atoms with Gasteiger partial charge in [-0.25, -0.2) is 0 Å². The fraction of sp³-hybridized carbons (Fsp3) is 0.529. The Kier molecular flexibility index (Phi) is 4.28. The van der Waals surface area contributed by atoms with E-state index in [4.69, 9.17) is 0 Å². The Labute approximate surface area is 134 Å². The average molecular weight is 319 g/mol. The fourth-order valence-corrected chi connectivity index (χ4v) is 5.24. The van der Waals surface area contributed by atoms with Gasteiger partial charge in [0.1, 0.15) is 4.93 Å². The zero-order chi connectivity index (χ0) is 15.7. The summed E-state index contributed by atoms with van der Waals surface area (Å²) in [7, 11) is 0. The molecule has 0 aliphatic heterocycles. The van der Waals surface area contributed by atoms with Crippen LogP contribution in [0.5, 0.6) is 0 Å². The average Bonchev–Trinajstić information content (AvgIpc) is 3.03. The monoisotopic (exact) mass is 319 g/mol. The molecule has 2 N–H and O–H groups in total. The quantitative estimate of drug-likeness (QED) is 0.840. The van der Waals surface area contributed by atoms with Crippen molar-refractivity contribution >= 4 is 22.8 Å². The molecule has 2 saturated carbocycles. The Bertz CT molecular complexity index is 577. The van der Waals surface area contributed by atoms with E-state index in [2.05, 4.69) is 5.32 Å². The zero-order valence-electron chi connectivity index (χ0n) is 12.6. The van der Waals surface area contributed by atoms with Crippen LogP contribution < -0.4 is 5.32 Å². The molecule has 0 saturated heterocycles. The first kappa shape index (κ1) is 15.6. The van der Waals surface area contributed by atoms with E-state index >= 15 is 0 Å². The van der Waals surface area contributed by atoms with Gasteiger partial charge in [-0.15, -0.1) is 0 Å². The first-order chi connectivity index (χ1) is 10.5. The highest BCUT2D eigenvalue weighted by Crippen LogP contribution is 2.55. The Morgan fingerprint density at radius 3 is 2.68 bits per heavy atom. The Morgan fingerprint density at radius 1 is 1.27 bits per heavy atom. The second-order valence-electron chi connectivity index (χ2n) is 6.29. The molecule has 0 heterocycles. The molecule has 0 radical (unpaired) electrons. The number of hydrogen-bond acceptors (Lipinski definition) is 4. The summed E-state index contributed by atoms with van der Waals surface area (Å²) in [6.45, 7) is 1.46. The highest BCUT2D eigenvalue weighted by Gasteiger charge is 2.57. The predicted molar refractivity (Wildman–Crippen MR) is 86.4 cm³/mol. The van der Waals surface area contributed by atoms with Crippen molar-refractivity contribution in [2.75, 3.05) is 0 Å². The number of amides is 1. The van der Waals surface area contributed by atoms with Crippen LogP contribution in [0.15, 0.2) is 30.3 Å². The van der Waals surface area contributed by atoms with E-state index in [1.165, 1.54) is 6.92 Å². The van der Waals surface area contributed by atoms with E-state index in [9.17, 15) is 14.7 Å². The fourth-order valence-electron chi connectivity index (χ4n) is 3.93. The first-order valence-electron chi connectivity index (χ1n) is 7.78. The van der Waals surface area contributed by atoms with Gasteiger partial charge in [0, 0.05) is 18.4 Å². The van der Waals surface area contributed by atoms with E-state index in [-0.39, 0.29) is 23.0 Å². The molecule has 22 heavy (non-hydrogen) atoms. The first-order valence-corrected chi connectivity index (χ1v) is 8.60. The van der Waals surface area contributed by atoms with Gasteiger partial charge in [0.15, 0.2) is 0 Å². The van der Waals surface area contributed by atoms with Gasteiger partial charge in [-0.05, 0) is 36.9 Å². The highest BCUT2D eigenvalue weighted by molar-refractivity contribution is 8.15. The third kappa shape index (κ3) is 2.79. The summed E-state index contributed by atoms with van der Waals surface area (Å²) in [4.78, 5) is 22.8. The van der Waals surface area contributed by atoms with Gasteiger partial charge in [-0.1, -0.05) is 36.8 Å². The Morgan fingerprint density at radius 2 is 2.00 bits per heavy atom. The van der Waals surface area contributed by atoms with Crippen molar-refractivity contribution in [3.63, 3.8) is 0 Å². The van der Waals surface area contributed by atoms with Gasteiger partial charge in [0.25, 0.3) is 0 Å². The molecule has 0 bridgehead atoms. The number of nitrogens with one attached hydrogen (secondary N) is 1. The van der Waals surface area contributed by atoms with Crippen LogP contribution in [0.2, 0.25) is 0 Å². The number of benzene rings is 1. The Balaban J connectivity index is 1.83. The van der Waals surface area contributed by atoms with E-state index < -0.39 is 4.93 Å². The molecule has 1 aromatic rings. The summed E-state index contributed by atoms with van der Waals surface area (Å²) in [5.74, 6) is 0.330. The van der Waals surface area contributed by atoms with Crippen LogP contribution in [-0.4, -0.2) is 27.1 Å². The van der Waals surface area contributed by atoms with Gasteiger partial charge >= 0.3 is 0 Å². The largest absolute Gasteiger partial charge is 0.377 e. The molecule has 0 spiro atoms. The molecule has 2 fully saturated rings. The van der Waals surface area contributed by atoms with Crippen LogP contribution in [-0.2, 0) is 4.79 Å². The molecule has 4 nitrogen and oxygen atoms in total. The molecule has 118 valence electrons. The van der Waals surface area contributed by atoms with Gasteiger partial charge in [0.2, 0.25) is 11.0 Å². The van der Waals surface area contributed by atoms with E-state index in [0.29, 0.717) is 11.5 Å². The van der Waals surface area contributed by atoms with Gasteiger partial charge in [-0.2, -0.15) is 0 Å². The maximum atomic E-state index is 12.5. The summed E-state index contributed by atoms with van der Waals surface area (Å²) >= 11 is 0.991. The topological polar surface area (TPSA) is 66.4 Å². The summed E-state index contributed by atoms with van der Waals surface area (Å²) < 4.78 is 0. The van der Waals surface area contributed by atoms with Crippen LogP contribution in [0.4, 0.5) is 0 Å². The summed E-state index contributed by atoms with van der Waals surface area (Å²) in [5.41, 5.74) is 0.587. The van der Waals surface area contributed by atoms with Crippen LogP contribution in [0.25, 0.3) is 0 Å². The molecule has 1 aromatic carbocycles. The van der Waals surface area contributed by atoms with Crippen LogP contribution in [0, 0.1) is 11.8 Å². The van der Waals surface area contributed by atoms with Crippen LogP contribution in [0.1, 0.15) is 43.0 Å². The number of carbonyl (C=O) groups is 2. The number of hydrogen-bond donors (Lipinski definition) is 2. The minimum atomic E-state index is -1.19. The molecular weight excluding hydrogens is 298 g/mol. The molecule has 3 rings (SSSR count). The van der Waals surface area contributed by atoms with E-state index in [1.54, 1.807) is 12.1 Å². The highest BCUT2D eigenvalue weighted by atomic mass is 32.2. The molecule has 1 amide bonds. The summed E-state index contributed by atoms with van der Waals surface area (Å²) in [5, 5.41) is 14.0. The number of carbonyl (C=O) groups excluding carboxylic acids is 2. The lowest BCUT2D eigenvalue weighted by atomic mass is 9.99. The molecule has 4 atom stereocenters. The van der Waals surface area contributed by atoms with Crippen molar-refractivity contribution in [1.29, 1.82) is 0 Å². The van der Waals surface area contributed by atoms with Crippen LogP contribution >= 0.6 is 11.8 Å². The number of aliphatic hydroxyl groups is 1. The second kappa shape index (κ2) is 6.05. The number of fused-ring (bicyclic) bond motifs is 1. The smallest absolute Gasteiger partial charge is 0.222 e.